The molecule has 0 saturated carbocycles. The van der Waals surface area contributed by atoms with Crippen LogP contribution in [0.5, 0.6) is 0 Å². The molecule has 0 aliphatic heterocycles. The molecule has 0 radical (unpaired) electrons. The van der Waals surface area contributed by atoms with Crippen LogP contribution in [0, 0.1) is 13.8 Å². The summed E-state index contributed by atoms with van der Waals surface area (Å²) >= 11 is 0. The number of carbonyl (C=O) groups is 1. The van der Waals surface area contributed by atoms with E-state index in [4.69, 9.17) is 0 Å². The van der Waals surface area contributed by atoms with E-state index >= 15 is 0 Å². The molecule has 0 saturated heterocycles. The number of hydrogen-bond donors (Lipinski definition) is 2. The average Bonchev–Trinajstić information content (AvgIpc) is 2.97. The maximum absolute atomic E-state index is 12.3. The van der Waals surface area contributed by atoms with Gasteiger partial charge in [0.2, 0.25) is 0 Å². The van der Waals surface area contributed by atoms with Crippen molar-refractivity contribution in [3.63, 3.8) is 0 Å². The van der Waals surface area contributed by atoms with Crippen LogP contribution in [-0.2, 0) is 6.54 Å². The lowest BCUT2D eigenvalue weighted by Gasteiger charge is -2.12. The second-order valence-electron chi connectivity index (χ2n) is 6.29. The molecule has 0 fully saturated rings. The lowest BCUT2D eigenvalue weighted by molar-refractivity contribution is 0.0916. The van der Waals surface area contributed by atoms with Crippen molar-refractivity contribution >= 4 is 5.91 Å². The Morgan fingerprint density at radius 2 is 1.85 bits per heavy atom. The fraction of sp³-hybridized carbons (Fsp3) is 0.250. The third kappa shape index (κ3) is 4.34. The summed E-state index contributed by atoms with van der Waals surface area (Å²) in [5, 5.41) is 17.3. The van der Waals surface area contributed by atoms with E-state index < -0.39 is 6.10 Å². The summed E-state index contributed by atoms with van der Waals surface area (Å²) in [5.41, 5.74) is 4.45. The van der Waals surface area contributed by atoms with Crippen molar-refractivity contribution in [1.29, 1.82) is 0 Å². The molecule has 6 nitrogen and oxygen atoms in total. The Labute approximate surface area is 152 Å². The first-order chi connectivity index (χ1) is 12.5. The SMILES string of the molecule is Cc1cc(C)n(Cc2ccc(C(=O)NC[C@@H](O)c3ccncc3)cc2)n1. The summed E-state index contributed by atoms with van der Waals surface area (Å²) in [6, 6.07) is 12.9. The van der Waals surface area contributed by atoms with Gasteiger partial charge in [-0.15, -0.1) is 0 Å². The summed E-state index contributed by atoms with van der Waals surface area (Å²) in [7, 11) is 0. The molecule has 0 spiro atoms. The Bertz CT molecular complexity index is 873. The third-order valence-electron chi connectivity index (χ3n) is 4.20. The van der Waals surface area contributed by atoms with Crippen LogP contribution < -0.4 is 5.32 Å². The van der Waals surface area contributed by atoms with Crippen molar-refractivity contribution in [2.75, 3.05) is 6.54 Å². The van der Waals surface area contributed by atoms with Gasteiger partial charge < -0.3 is 10.4 Å². The van der Waals surface area contributed by atoms with E-state index in [1.54, 1.807) is 36.7 Å². The van der Waals surface area contributed by atoms with E-state index in [1.807, 2.05) is 36.7 Å². The van der Waals surface area contributed by atoms with Crippen molar-refractivity contribution in [2.45, 2.75) is 26.5 Å². The van der Waals surface area contributed by atoms with E-state index in [0.29, 0.717) is 12.1 Å². The molecule has 2 heterocycles. The molecule has 0 unspecified atom stereocenters. The van der Waals surface area contributed by atoms with Crippen LogP contribution in [-0.4, -0.2) is 32.3 Å². The minimum Gasteiger partial charge on any atom is -0.387 e. The molecule has 1 amide bonds. The lowest BCUT2D eigenvalue weighted by Crippen LogP contribution is -2.28. The van der Waals surface area contributed by atoms with Gasteiger partial charge in [0, 0.05) is 30.2 Å². The van der Waals surface area contributed by atoms with Crippen LogP contribution in [0.4, 0.5) is 0 Å². The van der Waals surface area contributed by atoms with Crippen molar-refractivity contribution in [3.8, 4) is 0 Å². The quantitative estimate of drug-likeness (QED) is 0.715. The molecule has 2 aromatic heterocycles. The van der Waals surface area contributed by atoms with Gasteiger partial charge in [0.05, 0.1) is 18.3 Å². The van der Waals surface area contributed by atoms with Crippen LogP contribution in [0.25, 0.3) is 0 Å². The molecule has 2 N–H and O–H groups in total. The zero-order chi connectivity index (χ0) is 18.5. The Morgan fingerprint density at radius 1 is 1.15 bits per heavy atom. The molecule has 0 bridgehead atoms. The molecule has 0 aliphatic carbocycles. The molecule has 0 aliphatic rings. The van der Waals surface area contributed by atoms with Gasteiger partial charge in [-0.05, 0) is 55.3 Å². The van der Waals surface area contributed by atoms with Crippen molar-refractivity contribution < 1.29 is 9.90 Å². The van der Waals surface area contributed by atoms with Crippen LogP contribution in [0.3, 0.4) is 0 Å². The average molecular weight is 350 g/mol. The van der Waals surface area contributed by atoms with Gasteiger partial charge in [-0.2, -0.15) is 5.10 Å². The second-order valence-corrected chi connectivity index (χ2v) is 6.29. The number of benzene rings is 1. The number of carbonyl (C=O) groups excluding carboxylic acids is 1. The fourth-order valence-corrected chi connectivity index (χ4v) is 2.76. The Kier molecular flexibility index (Phi) is 5.43. The number of pyridine rings is 1. The molecule has 1 atom stereocenters. The van der Waals surface area contributed by atoms with Crippen LogP contribution >= 0.6 is 0 Å². The van der Waals surface area contributed by atoms with E-state index in [9.17, 15) is 9.90 Å². The Balaban J connectivity index is 1.57. The third-order valence-corrected chi connectivity index (χ3v) is 4.20. The topological polar surface area (TPSA) is 80.0 Å². The number of hydrogen-bond acceptors (Lipinski definition) is 4. The lowest BCUT2D eigenvalue weighted by atomic mass is 10.1. The van der Waals surface area contributed by atoms with E-state index in [2.05, 4.69) is 15.4 Å². The zero-order valence-electron chi connectivity index (χ0n) is 14.9. The van der Waals surface area contributed by atoms with Crippen molar-refractivity contribution in [2.24, 2.45) is 0 Å². The summed E-state index contributed by atoms with van der Waals surface area (Å²) in [6.07, 6.45) is 2.47. The first-order valence-corrected chi connectivity index (χ1v) is 8.49. The highest BCUT2D eigenvalue weighted by atomic mass is 16.3. The number of aromatic nitrogens is 3. The highest BCUT2D eigenvalue weighted by molar-refractivity contribution is 5.94. The van der Waals surface area contributed by atoms with Gasteiger partial charge in [-0.25, -0.2) is 0 Å². The number of aliphatic hydroxyl groups is 1. The monoisotopic (exact) mass is 350 g/mol. The molecule has 1 aromatic carbocycles. The molecule has 6 heteroatoms. The standard InChI is InChI=1S/C20H22N4O2/c1-14-11-15(2)24(23-14)13-16-3-5-18(6-4-16)20(26)22-12-19(25)17-7-9-21-10-8-17/h3-11,19,25H,12-13H2,1-2H3,(H,22,26)/t19-/m1/s1. The zero-order valence-corrected chi connectivity index (χ0v) is 14.9. The number of aliphatic hydroxyl groups excluding tert-OH is 1. The van der Waals surface area contributed by atoms with E-state index in [1.165, 1.54) is 0 Å². The number of nitrogens with zero attached hydrogens (tertiary/aromatic N) is 3. The molecular formula is C20H22N4O2. The Morgan fingerprint density at radius 3 is 2.46 bits per heavy atom. The maximum Gasteiger partial charge on any atom is 0.251 e. The summed E-state index contributed by atoms with van der Waals surface area (Å²) in [6.45, 7) is 4.81. The second kappa shape index (κ2) is 7.93. The van der Waals surface area contributed by atoms with Gasteiger partial charge in [-0.3, -0.25) is 14.5 Å². The first-order valence-electron chi connectivity index (χ1n) is 8.49. The molecule has 26 heavy (non-hydrogen) atoms. The fourth-order valence-electron chi connectivity index (χ4n) is 2.76. The normalized spacial score (nSPS) is 12.0. The molecule has 3 rings (SSSR count). The van der Waals surface area contributed by atoms with Gasteiger partial charge in [-0.1, -0.05) is 12.1 Å². The highest BCUT2D eigenvalue weighted by Crippen LogP contribution is 2.11. The van der Waals surface area contributed by atoms with Gasteiger partial charge >= 0.3 is 0 Å². The largest absolute Gasteiger partial charge is 0.387 e. The maximum atomic E-state index is 12.3. The van der Waals surface area contributed by atoms with Gasteiger partial charge in [0.15, 0.2) is 0 Å². The minimum absolute atomic E-state index is 0.149. The predicted octanol–water partition coefficient (Wildman–Crippen LogP) is 2.41. The molecule has 3 aromatic rings. The minimum atomic E-state index is -0.757. The van der Waals surface area contributed by atoms with Gasteiger partial charge in [0.25, 0.3) is 5.91 Å². The van der Waals surface area contributed by atoms with Gasteiger partial charge in [0.1, 0.15) is 0 Å². The molecule has 134 valence electrons. The van der Waals surface area contributed by atoms with E-state index in [-0.39, 0.29) is 12.5 Å². The van der Waals surface area contributed by atoms with Crippen LogP contribution in [0.2, 0.25) is 0 Å². The summed E-state index contributed by atoms with van der Waals surface area (Å²) < 4.78 is 1.94. The summed E-state index contributed by atoms with van der Waals surface area (Å²) in [5.74, 6) is -0.212. The predicted molar refractivity (Wildman–Crippen MR) is 98.8 cm³/mol. The summed E-state index contributed by atoms with van der Waals surface area (Å²) in [4.78, 5) is 16.2. The van der Waals surface area contributed by atoms with Crippen LogP contribution in [0.1, 0.15) is 39.0 Å². The smallest absolute Gasteiger partial charge is 0.251 e. The number of aryl methyl sites for hydroxylation is 2. The van der Waals surface area contributed by atoms with E-state index in [0.717, 1.165) is 22.5 Å². The first kappa shape index (κ1) is 17.8. The molecular weight excluding hydrogens is 328 g/mol. The van der Waals surface area contributed by atoms with Crippen LogP contribution in [0.15, 0.2) is 54.9 Å². The number of amides is 1. The Hall–Kier alpha value is -2.99. The van der Waals surface area contributed by atoms with Crippen molar-refractivity contribution in [3.05, 3.63) is 82.9 Å². The number of rotatable bonds is 6. The van der Waals surface area contributed by atoms with Crippen molar-refractivity contribution in [1.82, 2.24) is 20.1 Å². The highest BCUT2D eigenvalue weighted by Gasteiger charge is 2.11. The number of nitrogens with one attached hydrogen (secondary N) is 1.